The average molecular weight is 362 g/mol. The van der Waals surface area contributed by atoms with Crippen molar-refractivity contribution in [2.75, 3.05) is 7.05 Å². The van der Waals surface area contributed by atoms with Crippen molar-refractivity contribution in [3.05, 3.63) is 52.8 Å². The highest BCUT2D eigenvalue weighted by atomic mass is 32.2. The second kappa shape index (κ2) is 7.01. The van der Waals surface area contributed by atoms with E-state index in [4.69, 9.17) is 4.42 Å². The van der Waals surface area contributed by atoms with Gasteiger partial charge in [-0.05, 0) is 68.5 Å². The molecule has 0 bridgehead atoms. The molecule has 134 valence electrons. The lowest BCUT2D eigenvalue weighted by molar-refractivity contribution is 0.0906. The number of sulfonamides is 1. The SMILES string of the molecule is CNS(=O)(=O)c1ccc(C(=O)N[C@@H](C)c2ccc3c(c2)CCCC3)o1. The largest absolute Gasteiger partial charge is 0.438 e. The van der Waals surface area contributed by atoms with E-state index in [1.54, 1.807) is 0 Å². The molecule has 7 heteroatoms. The van der Waals surface area contributed by atoms with Crippen molar-refractivity contribution in [3.8, 4) is 0 Å². The highest BCUT2D eigenvalue weighted by Gasteiger charge is 2.21. The summed E-state index contributed by atoms with van der Waals surface area (Å²) in [6.45, 7) is 1.90. The number of aryl methyl sites for hydroxylation is 2. The lowest BCUT2D eigenvalue weighted by atomic mass is 9.89. The lowest BCUT2D eigenvalue weighted by Gasteiger charge is -2.19. The van der Waals surface area contributed by atoms with E-state index >= 15 is 0 Å². The minimum Gasteiger partial charge on any atom is -0.438 e. The first-order valence-electron chi connectivity index (χ1n) is 8.36. The third kappa shape index (κ3) is 3.77. The number of fused-ring (bicyclic) bond motifs is 1. The van der Waals surface area contributed by atoms with Gasteiger partial charge in [-0.3, -0.25) is 4.79 Å². The molecule has 1 aliphatic carbocycles. The Morgan fingerprint density at radius 3 is 2.56 bits per heavy atom. The van der Waals surface area contributed by atoms with Gasteiger partial charge in [0.15, 0.2) is 5.76 Å². The van der Waals surface area contributed by atoms with Crippen molar-refractivity contribution < 1.29 is 17.6 Å². The summed E-state index contributed by atoms with van der Waals surface area (Å²) in [5.74, 6) is -0.471. The van der Waals surface area contributed by atoms with Crippen molar-refractivity contribution in [2.45, 2.75) is 43.7 Å². The van der Waals surface area contributed by atoms with Gasteiger partial charge in [0.25, 0.3) is 15.9 Å². The van der Waals surface area contributed by atoms with Crippen molar-refractivity contribution in [3.63, 3.8) is 0 Å². The highest BCUT2D eigenvalue weighted by Crippen LogP contribution is 2.25. The molecule has 3 rings (SSSR count). The summed E-state index contributed by atoms with van der Waals surface area (Å²) in [7, 11) is -2.41. The fraction of sp³-hybridized carbons (Fsp3) is 0.389. The first kappa shape index (κ1) is 17.7. The Kier molecular flexibility index (Phi) is 4.96. The van der Waals surface area contributed by atoms with Crippen molar-refractivity contribution >= 4 is 15.9 Å². The molecule has 25 heavy (non-hydrogen) atoms. The van der Waals surface area contributed by atoms with Gasteiger partial charge in [0.2, 0.25) is 5.09 Å². The first-order chi connectivity index (χ1) is 11.9. The second-order valence-corrected chi connectivity index (χ2v) is 8.07. The molecule has 1 heterocycles. The van der Waals surface area contributed by atoms with Crippen LogP contribution in [0.4, 0.5) is 0 Å². The van der Waals surface area contributed by atoms with E-state index < -0.39 is 15.9 Å². The van der Waals surface area contributed by atoms with Crippen LogP contribution in [0.2, 0.25) is 0 Å². The Labute approximate surface area is 147 Å². The van der Waals surface area contributed by atoms with Gasteiger partial charge in [0.1, 0.15) is 0 Å². The molecule has 1 aromatic carbocycles. The van der Waals surface area contributed by atoms with Gasteiger partial charge in [0, 0.05) is 0 Å². The topological polar surface area (TPSA) is 88.4 Å². The summed E-state index contributed by atoms with van der Waals surface area (Å²) in [5, 5.41) is 2.58. The number of furan rings is 1. The van der Waals surface area contributed by atoms with Gasteiger partial charge in [-0.1, -0.05) is 18.2 Å². The molecule has 2 N–H and O–H groups in total. The van der Waals surface area contributed by atoms with E-state index in [9.17, 15) is 13.2 Å². The zero-order valence-corrected chi connectivity index (χ0v) is 15.2. The van der Waals surface area contributed by atoms with Gasteiger partial charge >= 0.3 is 0 Å². The minimum absolute atomic E-state index is 0.0290. The van der Waals surface area contributed by atoms with Gasteiger partial charge in [-0.2, -0.15) is 0 Å². The van der Waals surface area contributed by atoms with E-state index in [0.717, 1.165) is 18.4 Å². The van der Waals surface area contributed by atoms with E-state index in [1.165, 1.54) is 43.1 Å². The number of benzene rings is 1. The Morgan fingerprint density at radius 2 is 1.84 bits per heavy atom. The molecule has 0 saturated heterocycles. The summed E-state index contributed by atoms with van der Waals surface area (Å²) in [5.41, 5.74) is 3.77. The molecule has 1 atom stereocenters. The zero-order chi connectivity index (χ0) is 18.0. The van der Waals surface area contributed by atoms with Crippen LogP contribution in [0.15, 0.2) is 39.8 Å². The Bertz CT molecular complexity index is 886. The first-order valence-corrected chi connectivity index (χ1v) is 9.85. The Hall–Kier alpha value is -2.12. The maximum atomic E-state index is 12.3. The van der Waals surface area contributed by atoms with Crippen LogP contribution in [0.1, 0.15) is 53.1 Å². The Morgan fingerprint density at radius 1 is 1.12 bits per heavy atom. The monoisotopic (exact) mass is 362 g/mol. The molecule has 1 aliphatic rings. The average Bonchev–Trinajstić information content (AvgIpc) is 3.12. The lowest BCUT2D eigenvalue weighted by Crippen LogP contribution is -2.26. The molecule has 0 aliphatic heterocycles. The number of carbonyl (C=O) groups excluding carboxylic acids is 1. The molecule has 0 saturated carbocycles. The molecular weight excluding hydrogens is 340 g/mol. The molecule has 1 aromatic heterocycles. The van der Waals surface area contributed by atoms with E-state index in [0.29, 0.717) is 0 Å². The maximum Gasteiger partial charge on any atom is 0.287 e. The summed E-state index contributed by atoms with van der Waals surface area (Å²) >= 11 is 0. The third-order valence-corrected chi connectivity index (χ3v) is 5.85. The molecule has 0 unspecified atom stereocenters. The third-order valence-electron chi connectivity index (χ3n) is 4.56. The summed E-state index contributed by atoms with van der Waals surface area (Å²) in [6.07, 6.45) is 4.63. The zero-order valence-electron chi connectivity index (χ0n) is 14.3. The molecule has 6 nitrogen and oxygen atoms in total. The van der Waals surface area contributed by atoms with Crippen LogP contribution in [0, 0.1) is 0 Å². The predicted molar refractivity (Wildman–Crippen MR) is 93.9 cm³/mol. The van der Waals surface area contributed by atoms with Crippen LogP contribution in [-0.2, 0) is 22.9 Å². The van der Waals surface area contributed by atoms with Crippen molar-refractivity contribution in [1.29, 1.82) is 0 Å². The highest BCUT2D eigenvalue weighted by molar-refractivity contribution is 7.89. The summed E-state index contributed by atoms with van der Waals surface area (Å²) in [4.78, 5) is 12.3. The quantitative estimate of drug-likeness (QED) is 0.855. The molecular formula is C18H22N2O4S. The molecule has 2 aromatic rings. The normalized spacial score (nSPS) is 15.4. The van der Waals surface area contributed by atoms with Crippen molar-refractivity contribution in [2.24, 2.45) is 0 Å². The number of amides is 1. The smallest absolute Gasteiger partial charge is 0.287 e. The standard InChI is InChI=1S/C18H22N2O4S/c1-12(14-8-7-13-5-3-4-6-15(13)11-14)20-18(21)16-9-10-17(24-16)25(22,23)19-2/h7-12,19H,3-6H2,1-2H3,(H,20,21)/t12-/m0/s1. The van der Waals surface area contributed by atoms with Crippen LogP contribution < -0.4 is 10.0 Å². The van der Waals surface area contributed by atoms with Crippen LogP contribution in [0.5, 0.6) is 0 Å². The van der Waals surface area contributed by atoms with Gasteiger partial charge in [-0.15, -0.1) is 0 Å². The van der Waals surface area contributed by atoms with Crippen molar-refractivity contribution in [1.82, 2.24) is 10.0 Å². The summed E-state index contributed by atoms with van der Waals surface area (Å²) in [6, 6.07) is 8.75. The van der Waals surface area contributed by atoms with Crippen LogP contribution in [0.25, 0.3) is 0 Å². The minimum atomic E-state index is -3.70. The van der Waals surface area contributed by atoms with Crippen LogP contribution >= 0.6 is 0 Å². The predicted octanol–water partition coefficient (Wildman–Crippen LogP) is 2.56. The number of hydrogen-bond acceptors (Lipinski definition) is 4. The van der Waals surface area contributed by atoms with Crippen LogP contribution in [0.3, 0.4) is 0 Å². The number of rotatable bonds is 5. The molecule has 0 spiro atoms. The number of hydrogen-bond donors (Lipinski definition) is 2. The van der Waals surface area contributed by atoms with Gasteiger partial charge in [0.05, 0.1) is 6.04 Å². The van der Waals surface area contributed by atoms with E-state index in [2.05, 4.69) is 22.2 Å². The number of carbonyl (C=O) groups is 1. The number of nitrogens with one attached hydrogen (secondary N) is 2. The Balaban J connectivity index is 1.72. The van der Waals surface area contributed by atoms with Gasteiger partial charge in [-0.25, -0.2) is 13.1 Å². The second-order valence-electron chi connectivity index (χ2n) is 6.26. The van der Waals surface area contributed by atoms with E-state index in [1.807, 2.05) is 13.0 Å². The maximum absolute atomic E-state index is 12.3. The molecule has 1 amide bonds. The fourth-order valence-corrected chi connectivity index (χ4v) is 3.71. The van der Waals surface area contributed by atoms with E-state index in [-0.39, 0.29) is 16.9 Å². The molecule has 0 fully saturated rings. The van der Waals surface area contributed by atoms with Gasteiger partial charge < -0.3 is 9.73 Å². The fourth-order valence-electron chi connectivity index (χ4n) is 3.06. The van der Waals surface area contributed by atoms with Crippen LogP contribution in [-0.4, -0.2) is 21.4 Å². The molecule has 0 radical (unpaired) electrons. The summed E-state index contributed by atoms with van der Waals surface area (Å²) < 4.78 is 30.7.